The molecule has 0 amide bonds. The van der Waals surface area contributed by atoms with E-state index in [0.717, 1.165) is 22.7 Å². The number of nitriles is 1. The van der Waals surface area contributed by atoms with Crippen molar-refractivity contribution in [2.24, 2.45) is 0 Å². The number of nitrogens with zero attached hydrogens (tertiary/aromatic N) is 5. The van der Waals surface area contributed by atoms with Crippen LogP contribution in [0.25, 0.3) is 16.9 Å². The van der Waals surface area contributed by atoms with Gasteiger partial charge in [-0.1, -0.05) is 23.7 Å². The number of hydrogen-bond donors (Lipinski definition) is 2. The molecular weight excluding hydrogens is 374 g/mol. The van der Waals surface area contributed by atoms with Gasteiger partial charge in [0.05, 0.1) is 11.3 Å². The van der Waals surface area contributed by atoms with Gasteiger partial charge in [-0.05, 0) is 24.3 Å². The molecule has 28 heavy (non-hydrogen) atoms. The Bertz CT molecular complexity index is 1130. The van der Waals surface area contributed by atoms with Crippen LogP contribution in [0.5, 0.6) is 0 Å². The van der Waals surface area contributed by atoms with Crippen molar-refractivity contribution in [3.63, 3.8) is 0 Å². The van der Waals surface area contributed by atoms with E-state index in [4.69, 9.17) is 21.8 Å². The van der Waals surface area contributed by atoms with Crippen molar-refractivity contribution in [3.05, 3.63) is 71.6 Å². The number of rotatable bonds is 6. The molecule has 3 aromatic heterocycles. The Hall–Kier alpha value is -3.63. The predicted molar refractivity (Wildman–Crippen MR) is 109 cm³/mol. The van der Waals surface area contributed by atoms with Crippen LogP contribution in [0, 0.1) is 11.3 Å². The highest BCUT2D eigenvalue weighted by molar-refractivity contribution is 6.30. The fraction of sp³-hybridized carbons (Fsp3) is 0.100. The van der Waals surface area contributed by atoms with E-state index < -0.39 is 0 Å². The Balaban J connectivity index is 1.47. The number of aromatic nitrogens is 4. The van der Waals surface area contributed by atoms with Crippen molar-refractivity contribution < 1.29 is 0 Å². The van der Waals surface area contributed by atoms with Gasteiger partial charge in [-0.2, -0.15) is 5.26 Å². The summed E-state index contributed by atoms with van der Waals surface area (Å²) in [6.45, 7) is 1.27. The van der Waals surface area contributed by atoms with Crippen LogP contribution in [0.2, 0.25) is 5.02 Å². The third-order valence-electron chi connectivity index (χ3n) is 4.14. The largest absolute Gasteiger partial charge is 0.368 e. The Morgan fingerprint density at radius 1 is 1.04 bits per heavy atom. The smallest absolute Gasteiger partial charge is 0.209 e. The number of pyridine rings is 1. The number of hydrogen-bond acceptors (Lipinski definition) is 6. The first-order chi connectivity index (χ1) is 13.7. The SMILES string of the molecule is N#Cc1ccc(NCCNc2nc(-c3ccc(Cl)cc3)cc3nccn23)nc1. The van der Waals surface area contributed by atoms with E-state index in [1.165, 1.54) is 0 Å². The number of imidazole rings is 1. The monoisotopic (exact) mass is 389 g/mol. The summed E-state index contributed by atoms with van der Waals surface area (Å²) >= 11 is 5.98. The molecular formula is C20H16ClN7. The fourth-order valence-electron chi connectivity index (χ4n) is 2.75. The molecule has 0 bridgehead atoms. The normalized spacial score (nSPS) is 10.6. The minimum absolute atomic E-state index is 0.536. The molecule has 0 atom stereocenters. The molecule has 138 valence electrons. The van der Waals surface area contributed by atoms with E-state index in [-0.39, 0.29) is 0 Å². The summed E-state index contributed by atoms with van der Waals surface area (Å²) < 4.78 is 1.90. The molecule has 8 heteroatoms. The molecule has 0 fully saturated rings. The lowest BCUT2D eigenvalue weighted by atomic mass is 10.1. The van der Waals surface area contributed by atoms with Crippen LogP contribution in [0.4, 0.5) is 11.8 Å². The van der Waals surface area contributed by atoms with Gasteiger partial charge in [0.1, 0.15) is 17.5 Å². The van der Waals surface area contributed by atoms with Crippen molar-refractivity contribution in [2.75, 3.05) is 23.7 Å². The van der Waals surface area contributed by atoms with E-state index in [0.29, 0.717) is 29.6 Å². The number of benzene rings is 1. The molecule has 0 aliphatic heterocycles. The lowest BCUT2D eigenvalue weighted by molar-refractivity contribution is 0.995. The average molecular weight is 390 g/mol. The van der Waals surface area contributed by atoms with Crippen molar-refractivity contribution >= 4 is 29.0 Å². The fourth-order valence-corrected chi connectivity index (χ4v) is 2.87. The Kier molecular flexibility index (Phi) is 5.04. The molecule has 0 unspecified atom stereocenters. The van der Waals surface area contributed by atoms with E-state index in [2.05, 4.69) is 26.7 Å². The maximum absolute atomic E-state index is 8.81. The maximum Gasteiger partial charge on any atom is 0.209 e. The molecule has 4 rings (SSSR count). The standard InChI is InChI=1S/C20H16ClN7/c21-16-4-2-15(3-5-16)17-11-19-24-9-10-28(19)20(27-17)25-8-7-23-18-6-1-14(12-22)13-26-18/h1-6,9-11,13H,7-8H2,(H,23,26)(H,25,27). The molecule has 0 aliphatic carbocycles. The minimum Gasteiger partial charge on any atom is -0.368 e. The molecule has 0 spiro atoms. The van der Waals surface area contributed by atoms with Crippen LogP contribution >= 0.6 is 11.6 Å². The second kappa shape index (κ2) is 7.94. The van der Waals surface area contributed by atoms with Crippen LogP contribution in [0.3, 0.4) is 0 Å². The third-order valence-corrected chi connectivity index (χ3v) is 4.39. The molecule has 0 radical (unpaired) electrons. The molecule has 0 aliphatic rings. The summed E-state index contributed by atoms with van der Waals surface area (Å²) in [5.74, 6) is 1.42. The molecule has 0 saturated carbocycles. The quantitative estimate of drug-likeness (QED) is 0.487. The van der Waals surface area contributed by atoms with Gasteiger partial charge in [-0.3, -0.25) is 4.40 Å². The summed E-state index contributed by atoms with van der Waals surface area (Å²) in [5, 5.41) is 16.0. The summed E-state index contributed by atoms with van der Waals surface area (Å²) in [6, 6.07) is 15.1. The summed E-state index contributed by atoms with van der Waals surface area (Å²) in [6.07, 6.45) is 5.15. The Labute approximate surface area is 166 Å². The highest BCUT2D eigenvalue weighted by atomic mass is 35.5. The van der Waals surface area contributed by atoms with Crippen LogP contribution in [-0.4, -0.2) is 32.4 Å². The van der Waals surface area contributed by atoms with Gasteiger partial charge in [0.25, 0.3) is 0 Å². The first-order valence-corrected chi connectivity index (χ1v) is 9.05. The Morgan fingerprint density at radius 3 is 2.61 bits per heavy atom. The lowest BCUT2D eigenvalue weighted by Crippen LogP contribution is -2.16. The van der Waals surface area contributed by atoms with E-state index in [1.807, 2.05) is 40.9 Å². The highest BCUT2D eigenvalue weighted by Crippen LogP contribution is 2.23. The van der Waals surface area contributed by atoms with E-state index in [1.54, 1.807) is 24.5 Å². The molecule has 7 nitrogen and oxygen atoms in total. The Morgan fingerprint density at radius 2 is 1.86 bits per heavy atom. The van der Waals surface area contributed by atoms with E-state index >= 15 is 0 Å². The van der Waals surface area contributed by atoms with Gasteiger partial charge in [0.2, 0.25) is 5.95 Å². The second-order valence-electron chi connectivity index (χ2n) is 6.02. The zero-order valence-electron chi connectivity index (χ0n) is 14.8. The van der Waals surface area contributed by atoms with Gasteiger partial charge >= 0.3 is 0 Å². The molecule has 1 aromatic carbocycles. The first kappa shape index (κ1) is 17.8. The van der Waals surface area contributed by atoms with Crippen LogP contribution in [0.1, 0.15) is 5.56 Å². The van der Waals surface area contributed by atoms with Gasteiger partial charge < -0.3 is 10.6 Å². The zero-order chi connectivity index (χ0) is 19.3. The summed E-state index contributed by atoms with van der Waals surface area (Å²) in [5.41, 5.74) is 3.14. The van der Waals surface area contributed by atoms with E-state index in [9.17, 15) is 0 Å². The highest BCUT2D eigenvalue weighted by Gasteiger charge is 2.08. The van der Waals surface area contributed by atoms with Gasteiger partial charge in [-0.15, -0.1) is 0 Å². The second-order valence-corrected chi connectivity index (χ2v) is 6.46. The molecule has 3 heterocycles. The predicted octanol–water partition coefficient (Wildman–Crippen LogP) is 3.84. The first-order valence-electron chi connectivity index (χ1n) is 8.67. The molecule has 4 aromatic rings. The van der Waals surface area contributed by atoms with Crippen molar-refractivity contribution in [3.8, 4) is 17.3 Å². The molecule has 0 saturated heterocycles. The van der Waals surface area contributed by atoms with Crippen LogP contribution in [0.15, 0.2) is 61.1 Å². The lowest BCUT2D eigenvalue weighted by Gasteiger charge is -2.11. The number of nitrogens with one attached hydrogen (secondary N) is 2. The third kappa shape index (κ3) is 3.87. The number of fused-ring (bicyclic) bond motifs is 1. The zero-order valence-corrected chi connectivity index (χ0v) is 15.6. The van der Waals surface area contributed by atoms with Crippen molar-refractivity contribution in [1.29, 1.82) is 5.26 Å². The van der Waals surface area contributed by atoms with Crippen molar-refractivity contribution in [1.82, 2.24) is 19.4 Å². The van der Waals surface area contributed by atoms with Gasteiger partial charge in [0.15, 0.2) is 0 Å². The van der Waals surface area contributed by atoms with Crippen LogP contribution < -0.4 is 10.6 Å². The number of anilines is 2. The topological polar surface area (TPSA) is 90.9 Å². The summed E-state index contributed by atoms with van der Waals surface area (Å²) in [4.78, 5) is 13.3. The van der Waals surface area contributed by atoms with Gasteiger partial charge in [-0.25, -0.2) is 15.0 Å². The van der Waals surface area contributed by atoms with Crippen LogP contribution in [-0.2, 0) is 0 Å². The van der Waals surface area contributed by atoms with Gasteiger partial charge in [0, 0.05) is 48.3 Å². The maximum atomic E-state index is 8.81. The minimum atomic E-state index is 0.536. The average Bonchev–Trinajstić information content (AvgIpc) is 3.21. The van der Waals surface area contributed by atoms with Crippen molar-refractivity contribution in [2.45, 2.75) is 0 Å². The molecule has 2 N–H and O–H groups in total. The number of halogens is 1. The summed E-state index contributed by atoms with van der Waals surface area (Å²) in [7, 11) is 0.